The van der Waals surface area contributed by atoms with Gasteiger partial charge in [0.15, 0.2) is 0 Å². The molecule has 2 unspecified atom stereocenters. The van der Waals surface area contributed by atoms with Crippen LogP contribution in [-0.2, 0) is 17.8 Å². The molecule has 1 N–H and O–H groups in total. The van der Waals surface area contributed by atoms with Gasteiger partial charge in [0.25, 0.3) is 0 Å². The van der Waals surface area contributed by atoms with Crippen LogP contribution in [0, 0.1) is 0 Å². The first-order valence-electron chi connectivity index (χ1n) is 10.7. The molecular weight excluding hydrogens is 350 g/mol. The molecule has 3 heterocycles. The molecule has 6 heteroatoms. The van der Waals surface area contributed by atoms with Gasteiger partial charge in [0.1, 0.15) is 11.6 Å². The lowest BCUT2D eigenvalue weighted by molar-refractivity contribution is -0.123. The zero-order chi connectivity index (χ0) is 19.3. The van der Waals surface area contributed by atoms with Crippen LogP contribution in [0.4, 0.5) is 0 Å². The molecule has 6 nitrogen and oxygen atoms in total. The van der Waals surface area contributed by atoms with Gasteiger partial charge in [-0.1, -0.05) is 36.8 Å². The van der Waals surface area contributed by atoms with Crippen LogP contribution < -0.4 is 5.32 Å². The van der Waals surface area contributed by atoms with E-state index in [0.29, 0.717) is 12.5 Å². The first kappa shape index (κ1) is 19.1. The van der Waals surface area contributed by atoms with Crippen LogP contribution in [0.15, 0.2) is 30.3 Å². The van der Waals surface area contributed by atoms with Crippen molar-refractivity contribution in [3.05, 3.63) is 47.5 Å². The number of aromatic nitrogens is 3. The fraction of sp³-hybridized carbons (Fsp3) is 0.591. The van der Waals surface area contributed by atoms with Gasteiger partial charge >= 0.3 is 0 Å². The highest BCUT2D eigenvalue weighted by atomic mass is 16.2. The fourth-order valence-corrected chi connectivity index (χ4v) is 4.53. The van der Waals surface area contributed by atoms with Gasteiger partial charge in [0, 0.05) is 25.4 Å². The molecule has 1 aromatic carbocycles. The highest BCUT2D eigenvalue weighted by Gasteiger charge is 2.28. The lowest BCUT2D eigenvalue weighted by Gasteiger charge is -2.32. The first-order valence-corrected chi connectivity index (χ1v) is 10.7. The van der Waals surface area contributed by atoms with Crippen LogP contribution in [0.25, 0.3) is 0 Å². The Balaban J connectivity index is 1.35. The van der Waals surface area contributed by atoms with Gasteiger partial charge in [-0.3, -0.25) is 9.69 Å². The quantitative estimate of drug-likeness (QED) is 0.865. The minimum Gasteiger partial charge on any atom is -0.348 e. The standard InChI is InChI=1S/C22H31N5O/c1-17(18-9-4-2-5-10-18)23-21(28)16-26-13-8-11-19(15-26)22-25-24-20-12-6-3-7-14-27(20)22/h2,4-5,9-10,17,19H,3,6-8,11-16H2,1H3,(H,23,28). The van der Waals surface area contributed by atoms with E-state index in [0.717, 1.165) is 56.1 Å². The van der Waals surface area contributed by atoms with Gasteiger partial charge < -0.3 is 9.88 Å². The van der Waals surface area contributed by atoms with Crippen molar-refractivity contribution in [1.29, 1.82) is 0 Å². The largest absolute Gasteiger partial charge is 0.348 e. The minimum absolute atomic E-state index is 0.0292. The predicted molar refractivity (Wildman–Crippen MR) is 109 cm³/mol. The Morgan fingerprint density at radius 2 is 2.00 bits per heavy atom. The minimum atomic E-state index is 0.0292. The summed E-state index contributed by atoms with van der Waals surface area (Å²) < 4.78 is 2.36. The number of carbonyl (C=O) groups excluding carboxylic acids is 1. The molecule has 2 atom stereocenters. The number of aryl methyl sites for hydroxylation is 1. The van der Waals surface area contributed by atoms with E-state index in [1.54, 1.807) is 0 Å². The third kappa shape index (κ3) is 4.43. The maximum atomic E-state index is 12.6. The predicted octanol–water partition coefficient (Wildman–Crippen LogP) is 3.06. The normalized spacial score (nSPS) is 21.5. The van der Waals surface area contributed by atoms with Gasteiger partial charge in [0.05, 0.1) is 12.6 Å². The van der Waals surface area contributed by atoms with Crippen LogP contribution in [0.2, 0.25) is 0 Å². The molecule has 0 bridgehead atoms. The third-order valence-corrected chi connectivity index (χ3v) is 6.05. The van der Waals surface area contributed by atoms with Crippen molar-refractivity contribution in [2.75, 3.05) is 19.6 Å². The molecule has 0 radical (unpaired) electrons. The van der Waals surface area contributed by atoms with E-state index in [-0.39, 0.29) is 11.9 Å². The number of nitrogens with zero attached hydrogens (tertiary/aromatic N) is 4. The summed E-state index contributed by atoms with van der Waals surface area (Å²) in [5, 5.41) is 12.2. The summed E-state index contributed by atoms with van der Waals surface area (Å²) in [6, 6.07) is 10.2. The van der Waals surface area contributed by atoms with E-state index in [9.17, 15) is 4.79 Å². The zero-order valence-corrected chi connectivity index (χ0v) is 16.8. The number of fused-ring (bicyclic) bond motifs is 1. The van der Waals surface area contributed by atoms with E-state index in [1.807, 2.05) is 25.1 Å². The van der Waals surface area contributed by atoms with Gasteiger partial charge in [-0.15, -0.1) is 10.2 Å². The number of rotatable bonds is 5. The number of likely N-dealkylation sites (tertiary alicyclic amines) is 1. The van der Waals surface area contributed by atoms with Gasteiger partial charge in [-0.25, -0.2) is 0 Å². The first-order chi connectivity index (χ1) is 13.7. The monoisotopic (exact) mass is 381 g/mol. The van der Waals surface area contributed by atoms with Crippen LogP contribution in [-0.4, -0.2) is 45.2 Å². The summed E-state index contributed by atoms with van der Waals surface area (Å²) in [6.07, 6.45) is 7.00. The average Bonchev–Trinajstić information content (AvgIpc) is 2.97. The topological polar surface area (TPSA) is 63.1 Å². The Kier molecular flexibility index (Phi) is 6.05. The summed E-state index contributed by atoms with van der Waals surface area (Å²) in [5.74, 6) is 2.77. The number of carbonyl (C=O) groups is 1. The highest BCUT2D eigenvalue weighted by Crippen LogP contribution is 2.27. The molecule has 150 valence electrons. The summed E-state index contributed by atoms with van der Waals surface area (Å²) >= 11 is 0. The van der Waals surface area contributed by atoms with E-state index in [4.69, 9.17) is 0 Å². The van der Waals surface area contributed by atoms with Gasteiger partial charge in [-0.05, 0) is 44.7 Å². The Labute approximate surface area is 167 Å². The fourth-order valence-electron chi connectivity index (χ4n) is 4.53. The molecule has 4 rings (SSSR count). The molecule has 0 aliphatic carbocycles. The Bertz CT molecular complexity index is 787. The van der Waals surface area contributed by atoms with Crippen LogP contribution in [0.1, 0.15) is 68.2 Å². The lowest BCUT2D eigenvalue weighted by atomic mass is 9.97. The van der Waals surface area contributed by atoms with Crippen LogP contribution in [0.5, 0.6) is 0 Å². The Morgan fingerprint density at radius 1 is 1.14 bits per heavy atom. The van der Waals surface area contributed by atoms with Gasteiger partial charge in [0.2, 0.25) is 5.91 Å². The molecule has 2 aliphatic rings. The number of amides is 1. The number of piperidine rings is 1. The molecule has 28 heavy (non-hydrogen) atoms. The molecular formula is C22H31N5O. The number of hydrogen-bond donors (Lipinski definition) is 1. The summed E-state index contributed by atoms with van der Waals surface area (Å²) in [6.45, 7) is 5.41. The van der Waals surface area contributed by atoms with Crippen molar-refractivity contribution in [1.82, 2.24) is 25.0 Å². The highest BCUT2D eigenvalue weighted by molar-refractivity contribution is 5.78. The summed E-state index contributed by atoms with van der Waals surface area (Å²) in [5.41, 5.74) is 1.14. The summed E-state index contributed by atoms with van der Waals surface area (Å²) in [4.78, 5) is 14.9. The molecule has 2 aromatic rings. The Morgan fingerprint density at radius 3 is 2.86 bits per heavy atom. The molecule has 1 saturated heterocycles. The van der Waals surface area contributed by atoms with E-state index in [1.165, 1.54) is 19.3 Å². The second kappa shape index (κ2) is 8.86. The van der Waals surface area contributed by atoms with Crippen molar-refractivity contribution >= 4 is 5.91 Å². The summed E-state index contributed by atoms with van der Waals surface area (Å²) in [7, 11) is 0. The lowest BCUT2D eigenvalue weighted by Crippen LogP contribution is -2.43. The maximum absolute atomic E-state index is 12.6. The number of benzene rings is 1. The maximum Gasteiger partial charge on any atom is 0.234 e. The molecule has 2 aliphatic heterocycles. The molecule has 1 aromatic heterocycles. The van der Waals surface area contributed by atoms with Crippen molar-refractivity contribution < 1.29 is 4.79 Å². The van der Waals surface area contributed by atoms with E-state index in [2.05, 4.69) is 37.1 Å². The van der Waals surface area contributed by atoms with Gasteiger partial charge in [-0.2, -0.15) is 0 Å². The Hall–Kier alpha value is -2.21. The van der Waals surface area contributed by atoms with Crippen molar-refractivity contribution in [2.24, 2.45) is 0 Å². The van der Waals surface area contributed by atoms with Crippen LogP contribution in [0.3, 0.4) is 0 Å². The SMILES string of the molecule is CC(NC(=O)CN1CCCC(c2nnc3n2CCCCC3)C1)c1ccccc1. The van der Waals surface area contributed by atoms with Crippen molar-refractivity contribution in [3.8, 4) is 0 Å². The second-order valence-corrected chi connectivity index (χ2v) is 8.21. The molecule has 1 fully saturated rings. The van der Waals surface area contributed by atoms with Crippen molar-refractivity contribution in [2.45, 2.75) is 64.0 Å². The van der Waals surface area contributed by atoms with Crippen molar-refractivity contribution in [3.63, 3.8) is 0 Å². The second-order valence-electron chi connectivity index (χ2n) is 8.21. The van der Waals surface area contributed by atoms with Crippen LogP contribution >= 0.6 is 0 Å². The molecule has 1 amide bonds. The zero-order valence-electron chi connectivity index (χ0n) is 16.8. The third-order valence-electron chi connectivity index (χ3n) is 6.05. The average molecular weight is 382 g/mol. The van der Waals surface area contributed by atoms with E-state index >= 15 is 0 Å². The number of hydrogen-bond acceptors (Lipinski definition) is 4. The molecule has 0 spiro atoms. The van der Waals surface area contributed by atoms with E-state index < -0.39 is 0 Å². The molecule has 0 saturated carbocycles. The number of nitrogens with one attached hydrogen (secondary N) is 1. The smallest absolute Gasteiger partial charge is 0.234 e.